The molecule has 0 aliphatic rings. The molecule has 1 rings (SSSR count). The van der Waals surface area contributed by atoms with Crippen LogP contribution in [0.3, 0.4) is 0 Å². The van der Waals surface area contributed by atoms with Crippen LogP contribution in [0.1, 0.15) is 51.5 Å². The van der Waals surface area contributed by atoms with Crippen molar-refractivity contribution < 1.29 is 5.11 Å². The van der Waals surface area contributed by atoms with Crippen LogP contribution >= 0.6 is 0 Å². The molecule has 1 heteroatoms. The molecule has 0 aliphatic carbocycles. The van der Waals surface area contributed by atoms with Crippen LogP contribution < -0.4 is 0 Å². The third-order valence-electron chi connectivity index (χ3n) is 4.05. The van der Waals surface area contributed by atoms with Crippen molar-refractivity contribution in [1.82, 2.24) is 0 Å². The molecule has 0 radical (unpaired) electrons. The Morgan fingerprint density at radius 2 is 1.83 bits per heavy atom. The van der Waals surface area contributed by atoms with Crippen molar-refractivity contribution in [2.45, 2.75) is 57.5 Å². The van der Waals surface area contributed by atoms with Gasteiger partial charge >= 0.3 is 0 Å². The lowest BCUT2D eigenvalue weighted by Crippen LogP contribution is -2.38. The van der Waals surface area contributed by atoms with Crippen molar-refractivity contribution in [2.24, 2.45) is 0 Å². The van der Waals surface area contributed by atoms with Crippen molar-refractivity contribution in [2.75, 3.05) is 0 Å². The third-order valence-corrected chi connectivity index (χ3v) is 4.05. The molecule has 0 fully saturated rings. The molecule has 18 heavy (non-hydrogen) atoms. The highest BCUT2D eigenvalue weighted by molar-refractivity contribution is 5.26. The van der Waals surface area contributed by atoms with Crippen LogP contribution in [-0.4, -0.2) is 11.2 Å². The van der Waals surface area contributed by atoms with Gasteiger partial charge in [-0.2, -0.15) is 0 Å². The van der Waals surface area contributed by atoms with E-state index in [1.165, 1.54) is 5.56 Å². The van der Waals surface area contributed by atoms with E-state index >= 15 is 0 Å². The molecule has 1 N–H and O–H groups in total. The summed E-state index contributed by atoms with van der Waals surface area (Å²) in [7, 11) is 0. The Bertz CT molecular complexity index is 370. The molecule has 1 aromatic rings. The van der Waals surface area contributed by atoms with Gasteiger partial charge in [0.15, 0.2) is 0 Å². The van der Waals surface area contributed by atoms with Crippen molar-refractivity contribution >= 4 is 0 Å². The van der Waals surface area contributed by atoms with Gasteiger partial charge in [-0.15, -0.1) is 12.3 Å². The molecular formula is C17H24O. The predicted molar refractivity (Wildman–Crippen MR) is 77.4 cm³/mol. The molecule has 1 atom stereocenters. The minimum absolute atomic E-state index is 0.129. The summed E-state index contributed by atoms with van der Waals surface area (Å²) in [5, 5.41) is 10.6. The largest absolute Gasteiger partial charge is 0.392 e. The number of rotatable bonds is 7. The zero-order valence-electron chi connectivity index (χ0n) is 11.5. The normalized spacial score (nSPS) is 13.0. The van der Waals surface area contributed by atoms with Gasteiger partial charge in [0.1, 0.15) is 0 Å². The molecule has 0 saturated carbocycles. The molecule has 0 aliphatic heterocycles. The molecular weight excluding hydrogens is 220 g/mol. The number of unbranched alkanes of at least 4 members (excludes halogenated alkanes) is 1. The summed E-state index contributed by atoms with van der Waals surface area (Å²) in [6.45, 7) is 4.31. The molecule has 1 nitrogen and oxygen atoms in total. The lowest BCUT2D eigenvalue weighted by Gasteiger charge is -2.37. The Kier molecular flexibility index (Phi) is 5.95. The van der Waals surface area contributed by atoms with Crippen LogP contribution in [-0.2, 0) is 5.41 Å². The maximum Gasteiger partial charge on any atom is 0.0636 e. The Hall–Kier alpha value is -1.26. The van der Waals surface area contributed by atoms with Gasteiger partial charge in [0.05, 0.1) is 6.10 Å². The quantitative estimate of drug-likeness (QED) is 0.569. The van der Waals surface area contributed by atoms with Crippen molar-refractivity contribution in [3.63, 3.8) is 0 Å². The Balaban J connectivity index is 2.90. The van der Waals surface area contributed by atoms with Gasteiger partial charge in [0, 0.05) is 11.8 Å². The van der Waals surface area contributed by atoms with Crippen LogP contribution in [0, 0.1) is 12.3 Å². The molecule has 1 unspecified atom stereocenters. The van der Waals surface area contributed by atoms with E-state index < -0.39 is 0 Å². The van der Waals surface area contributed by atoms with E-state index in [1.54, 1.807) is 0 Å². The van der Waals surface area contributed by atoms with Gasteiger partial charge in [-0.05, 0) is 31.2 Å². The SMILES string of the molecule is C#CCCCC(O)C(CC)(CC)c1ccccc1. The summed E-state index contributed by atoms with van der Waals surface area (Å²) in [6.07, 6.45) is 9.27. The molecule has 0 heterocycles. The van der Waals surface area contributed by atoms with E-state index in [1.807, 2.05) is 18.2 Å². The first-order valence-corrected chi connectivity index (χ1v) is 6.88. The molecule has 0 amide bonds. The summed E-state index contributed by atoms with van der Waals surface area (Å²) in [5.41, 5.74) is 1.11. The zero-order chi connectivity index (χ0) is 13.4. The van der Waals surface area contributed by atoms with Crippen molar-refractivity contribution in [3.8, 4) is 12.3 Å². The molecule has 0 aromatic heterocycles. The summed E-state index contributed by atoms with van der Waals surface area (Å²) in [4.78, 5) is 0. The van der Waals surface area contributed by atoms with E-state index in [0.29, 0.717) is 0 Å². The first-order valence-electron chi connectivity index (χ1n) is 6.88. The van der Waals surface area contributed by atoms with Gasteiger partial charge in [-0.25, -0.2) is 0 Å². The summed E-state index contributed by atoms with van der Waals surface area (Å²) in [5.74, 6) is 2.64. The van der Waals surface area contributed by atoms with Gasteiger partial charge < -0.3 is 5.11 Å². The maximum absolute atomic E-state index is 10.6. The Morgan fingerprint density at radius 3 is 2.33 bits per heavy atom. The van der Waals surface area contributed by atoms with Crippen LogP contribution in [0.25, 0.3) is 0 Å². The molecule has 98 valence electrons. The van der Waals surface area contributed by atoms with Crippen molar-refractivity contribution in [3.05, 3.63) is 35.9 Å². The highest BCUT2D eigenvalue weighted by Crippen LogP contribution is 2.37. The standard InChI is InChI=1S/C17H24O/c1-4-7-9-14-16(18)17(5-2,6-3)15-12-10-8-11-13-15/h1,8,10-13,16,18H,5-7,9,14H2,2-3H3. The number of aliphatic hydroxyl groups is 1. The molecule has 1 aromatic carbocycles. The average Bonchev–Trinajstić information content (AvgIpc) is 2.42. The summed E-state index contributed by atoms with van der Waals surface area (Å²) in [6, 6.07) is 10.4. The third kappa shape index (κ3) is 3.15. The van der Waals surface area contributed by atoms with E-state index in [9.17, 15) is 5.11 Å². The second-order valence-electron chi connectivity index (χ2n) is 4.84. The number of benzene rings is 1. The monoisotopic (exact) mass is 244 g/mol. The fourth-order valence-electron chi connectivity index (χ4n) is 2.77. The summed E-state index contributed by atoms with van der Waals surface area (Å²) >= 11 is 0. The minimum atomic E-state index is -0.316. The highest BCUT2D eigenvalue weighted by atomic mass is 16.3. The van der Waals surface area contributed by atoms with E-state index in [-0.39, 0.29) is 11.5 Å². The smallest absolute Gasteiger partial charge is 0.0636 e. The minimum Gasteiger partial charge on any atom is -0.392 e. The van der Waals surface area contributed by atoms with Gasteiger partial charge in [-0.3, -0.25) is 0 Å². The first kappa shape index (κ1) is 14.8. The molecule has 0 spiro atoms. The number of terminal acetylenes is 1. The Morgan fingerprint density at radius 1 is 1.22 bits per heavy atom. The Labute approximate surface area is 111 Å². The van der Waals surface area contributed by atoms with Gasteiger partial charge in [-0.1, -0.05) is 44.2 Å². The second-order valence-corrected chi connectivity index (χ2v) is 4.84. The van der Waals surface area contributed by atoms with Crippen LogP contribution in [0.5, 0.6) is 0 Å². The summed E-state index contributed by atoms with van der Waals surface area (Å²) < 4.78 is 0. The van der Waals surface area contributed by atoms with E-state index in [2.05, 4.69) is 31.9 Å². The lowest BCUT2D eigenvalue weighted by atomic mass is 9.70. The van der Waals surface area contributed by atoms with E-state index in [0.717, 1.165) is 32.1 Å². The van der Waals surface area contributed by atoms with Crippen LogP contribution in [0.4, 0.5) is 0 Å². The second kappa shape index (κ2) is 7.24. The molecule has 0 bridgehead atoms. The zero-order valence-corrected chi connectivity index (χ0v) is 11.5. The number of hydrogen-bond acceptors (Lipinski definition) is 1. The van der Waals surface area contributed by atoms with E-state index in [4.69, 9.17) is 6.42 Å². The molecule has 0 saturated heterocycles. The average molecular weight is 244 g/mol. The van der Waals surface area contributed by atoms with Crippen LogP contribution in [0.2, 0.25) is 0 Å². The number of aliphatic hydroxyl groups excluding tert-OH is 1. The lowest BCUT2D eigenvalue weighted by molar-refractivity contribution is 0.0641. The fourth-order valence-corrected chi connectivity index (χ4v) is 2.77. The van der Waals surface area contributed by atoms with Gasteiger partial charge in [0.25, 0.3) is 0 Å². The predicted octanol–water partition coefficient (Wildman–Crippen LogP) is 3.91. The maximum atomic E-state index is 10.6. The first-order chi connectivity index (χ1) is 8.71. The topological polar surface area (TPSA) is 20.2 Å². The van der Waals surface area contributed by atoms with Gasteiger partial charge in [0.2, 0.25) is 0 Å². The van der Waals surface area contributed by atoms with Crippen molar-refractivity contribution in [1.29, 1.82) is 0 Å². The highest BCUT2D eigenvalue weighted by Gasteiger charge is 2.35. The van der Waals surface area contributed by atoms with Crippen LogP contribution in [0.15, 0.2) is 30.3 Å². The fraction of sp³-hybridized carbons (Fsp3) is 0.529. The number of hydrogen-bond donors (Lipinski definition) is 1.